The van der Waals surface area contributed by atoms with Crippen LogP contribution in [0.3, 0.4) is 0 Å². The van der Waals surface area contributed by atoms with Crippen LogP contribution in [0.4, 0.5) is 0 Å². The molecule has 14 rings (SSSR count). The first-order valence-corrected chi connectivity index (χ1v) is 38.5. The van der Waals surface area contributed by atoms with Crippen LogP contribution in [0.25, 0.3) is 0 Å². The molecule has 7 aromatic carbocycles. The molecule has 5 aliphatic carbocycles. The smallest absolute Gasteiger partial charge is 0.338 e. The lowest BCUT2D eigenvalue weighted by molar-refractivity contribution is -0.325. The third-order valence-electron chi connectivity index (χ3n) is 26.2. The van der Waals surface area contributed by atoms with Crippen molar-refractivity contribution < 1.29 is 85.7 Å². The Balaban J connectivity index is 0.751. The minimum absolute atomic E-state index is 0.106. The highest BCUT2D eigenvalue weighted by atomic mass is 16.7. The molecular weight excluding hydrogens is 1380 g/mol. The number of hydrogen-bond donors (Lipinski definition) is 0. The molecule has 2 aliphatic heterocycles. The maximum atomic E-state index is 14.7. The average molecular weight is 1480 g/mol. The molecule has 0 unspecified atom stereocenters. The maximum Gasteiger partial charge on any atom is 0.338 e. The standard InChI is InChI=1S/C91H98O18/c1-56(2)65-46-51-91(55-100-85-76(108-83(97)63-40-26-14-27-41-63)75(107-82(96)62-38-24-13-25-39-62)73(105-80(94)60-34-20-11-21-35-60)67(102-85)54-99-78(92)58-30-16-9-17-31-58)53-52-89(7)66(71(65)91)44-45-69-88(6)49-48-70(87(4,5)68(88)47-50-90(69,89)8)103-86-77(109-84(98)64-42-28-15-29-43-64)74(106-81(95)61-36-22-12-23-37-61)72(57(3)101-86)104-79(93)59-32-18-10-19-33-59/h9-43,57,65-77,85-86H,1,44-55H2,2-8H3/t57-,65-,66+,67+,68-,69+,70-,71+,72-,73+,74+,75-,76+,77+,85+,86-,88-,89+,90+,91+/m0/s1. The Morgan fingerprint density at radius 1 is 0.404 bits per heavy atom. The maximum absolute atomic E-state index is 14.7. The second kappa shape index (κ2) is 31.8. The lowest BCUT2D eigenvalue weighted by Crippen LogP contribution is -2.67. The van der Waals surface area contributed by atoms with Gasteiger partial charge in [0.25, 0.3) is 0 Å². The van der Waals surface area contributed by atoms with Gasteiger partial charge in [-0.1, -0.05) is 174 Å². The summed E-state index contributed by atoms with van der Waals surface area (Å²) in [6.45, 7) is 20.5. The van der Waals surface area contributed by atoms with Crippen molar-refractivity contribution in [2.45, 2.75) is 180 Å². The highest BCUT2D eigenvalue weighted by Crippen LogP contribution is 2.78. The number of benzene rings is 7. The molecule has 0 N–H and O–H groups in total. The number of allylic oxidation sites excluding steroid dienone is 1. The summed E-state index contributed by atoms with van der Waals surface area (Å²) < 4.78 is 73.2. The van der Waals surface area contributed by atoms with Crippen LogP contribution in [-0.4, -0.2) is 123 Å². The SMILES string of the molecule is C=C(C)[C@@H]1CC[C@]2(CO[C@@H]3O[C@H](COC(=O)c4ccccc4)[C@@H](OC(=O)c4ccccc4)[C@H](OC(=O)c4ccccc4)[C@H]3OC(=O)c3ccccc3)CC[C@]3(C)[C@H](CC[C@@H]4[C@@]5(C)CC[C@H](O[C@@H]6O[C@@H](C)[C@H](OC(=O)c7ccccc7)[C@@H](OC(=O)c7ccccc7)[C@H]6OC(=O)c6ccccc6)C(C)(C)[C@@H]5CC[C@]43C)[C@@H]12. The Kier molecular flexibility index (Phi) is 22.2. The molecule has 0 aromatic heterocycles. The van der Waals surface area contributed by atoms with E-state index in [1.165, 1.54) is 0 Å². The summed E-state index contributed by atoms with van der Waals surface area (Å²) in [7, 11) is 0. The molecule has 5 saturated carbocycles. The van der Waals surface area contributed by atoms with Gasteiger partial charge in [0.15, 0.2) is 49.2 Å². The number of hydrogen-bond acceptors (Lipinski definition) is 18. The lowest BCUT2D eigenvalue weighted by atomic mass is 9.32. The Morgan fingerprint density at radius 2 is 0.807 bits per heavy atom. The van der Waals surface area contributed by atoms with Gasteiger partial charge in [0, 0.05) is 0 Å². The molecule has 570 valence electrons. The molecule has 0 spiro atoms. The summed E-state index contributed by atoms with van der Waals surface area (Å²) in [6.07, 6.45) is -5.39. The van der Waals surface area contributed by atoms with Gasteiger partial charge in [0.2, 0.25) is 0 Å². The van der Waals surface area contributed by atoms with E-state index < -0.39 is 127 Å². The van der Waals surface area contributed by atoms with Crippen molar-refractivity contribution in [2.24, 2.45) is 56.7 Å². The van der Waals surface area contributed by atoms with Crippen molar-refractivity contribution in [3.8, 4) is 0 Å². The van der Waals surface area contributed by atoms with E-state index in [1.807, 2.05) is 0 Å². The molecule has 20 atom stereocenters. The summed E-state index contributed by atoms with van der Waals surface area (Å²) in [6, 6.07) is 59.1. The Morgan fingerprint density at radius 3 is 1.26 bits per heavy atom. The molecule has 109 heavy (non-hydrogen) atoms. The highest BCUT2D eigenvalue weighted by molar-refractivity contribution is 5.93. The third-order valence-corrected chi connectivity index (χ3v) is 26.2. The lowest BCUT2D eigenvalue weighted by Gasteiger charge is -2.73. The minimum atomic E-state index is -1.58. The first kappa shape index (κ1) is 76.2. The Bertz CT molecular complexity index is 4390. The predicted octanol–water partition coefficient (Wildman–Crippen LogP) is 16.7. The van der Waals surface area contributed by atoms with Crippen molar-refractivity contribution in [2.75, 3.05) is 13.2 Å². The van der Waals surface area contributed by atoms with E-state index in [-0.39, 0.29) is 85.5 Å². The molecule has 0 amide bonds. The number of fused-ring (bicyclic) bond motifs is 7. The fourth-order valence-electron chi connectivity index (χ4n) is 20.6. The van der Waals surface area contributed by atoms with Crippen molar-refractivity contribution >= 4 is 41.8 Å². The van der Waals surface area contributed by atoms with Gasteiger partial charge in [-0.15, -0.1) is 0 Å². The van der Waals surface area contributed by atoms with Gasteiger partial charge in [0.1, 0.15) is 12.7 Å². The Hall–Kier alpha value is -9.59. The summed E-state index contributed by atoms with van der Waals surface area (Å²) in [5.74, 6) is -4.15. The average Bonchev–Trinajstić information content (AvgIpc) is 1.57. The van der Waals surface area contributed by atoms with Crippen molar-refractivity contribution in [3.05, 3.63) is 263 Å². The summed E-state index contributed by atoms with van der Waals surface area (Å²) in [5, 5.41) is 0. The van der Waals surface area contributed by atoms with Crippen LogP contribution >= 0.6 is 0 Å². The molecular formula is C91H98O18. The van der Waals surface area contributed by atoms with Crippen LogP contribution in [0.5, 0.6) is 0 Å². The van der Waals surface area contributed by atoms with Crippen LogP contribution in [0.2, 0.25) is 0 Å². The molecule has 7 fully saturated rings. The summed E-state index contributed by atoms with van der Waals surface area (Å²) >= 11 is 0. The van der Waals surface area contributed by atoms with Crippen LogP contribution in [0, 0.1) is 56.7 Å². The van der Waals surface area contributed by atoms with E-state index in [0.717, 1.165) is 63.4 Å². The van der Waals surface area contributed by atoms with Gasteiger partial charge >= 0.3 is 41.8 Å². The number of carbonyl (C=O) groups is 7. The van der Waals surface area contributed by atoms with Crippen molar-refractivity contribution in [3.63, 3.8) is 0 Å². The van der Waals surface area contributed by atoms with Crippen LogP contribution < -0.4 is 0 Å². The molecule has 7 aliphatic rings. The van der Waals surface area contributed by atoms with E-state index in [0.29, 0.717) is 12.3 Å². The quantitative estimate of drug-likeness (QED) is 0.0282. The van der Waals surface area contributed by atoms with Crippen LogP contribution in [-0.2, 0) is 52.1 Å². The summed E-state index contributed by atoms with van der Waals surface area (Å²) in [4.78, 5) is 100. The molecule has 2 saturated heterocycles. The Labute approximate surface area is 637 Å². The number of esters is 7. The van der Waals surface area contributed by atoms with Crippen LogP contribution in [0.15, 0.2) is 224 Å². The van der Waals surface area contributed by atoms with Gasteiger partial charge in [-0.3, -0.25) is 0 Å². The van der Waals surface area contributed by atoms with E-state index in [1.54, 1.807) is 219 Å². The van der Waals surface area contributed by atoms with Gasteiger partial charge in [-0.25, -0.2) is 33.6 Å². The normalized spacial score (nSPS) is 32.8. The van der Waals surface area contributed by atoms with E-state index >= 15 is 0 Å². The van der Waals surface area contributed by atoms with Crippen molar-refractivity contribution in [1.29, 1.82) is 0 Å². The predicted molar refractivity (Wildman–Crippen MR) is 403 cm³/mol. The van der Waals surface area contributed by atoms with Crippen LogP contribution in [0.1, 0.15) is 185 Å². The second-order valence-corrected chi connectivity index (χ2v) is 32.5. The number of rotatable bonds is 21. The molecule has 18 nitrogen and oxygen atoms in total. The monoisotopic (exact) mass is 1480 g/mol. The molecule has 7 aromatic rings. The van der Waals surface area contributed by atoms with E-state index in [2.05, 4.69) is 41.5 Å². The molecule has 18 heteroatoms. The van der Waals surface area contributed by atoms with Gasteiger partial charge in [-0.05, 0) is 220 Å². The van der Waals surface area contributed by atoms with Crippen molar-refractivity contribution in [1.82, 2.24) is 0 Å². The van der Waals surface area contributed by atoms with Gasteiger partial charge in [-0.2, -0.15) is 0 Å². The molecule has 0 bridgehead atoms. The molecule has 2 heterocycles. The first-order valence-electron chi connectivity index (χ1n) is 38.5. The molecule has 0 radical (unpaired) electrons. The van der Waals surface area contributed by atoms with Gasteiger partial charge < -0.3 is 52.1 Å². The van der Waals surface area contributed by atoms with E-state index in [4.69, 9.17) is 58.7 Å². The fraction of sp³-hybridized carbons (Fsp3) is 0.440. The first-order chi connectivity index (χ1) is 52.5. The number of ether oxygens (including phenoxy) is 11. The zero-order valence-electron chi connectivity index (χ0n) is 63.0. The van der Waals surface area contributed by atoms with Gasteiger partial charge in [0.05, 0.1) is 57.8 Å². The fourth-order valence-corrected chi connectivity index (χ4v) is 20.6. The van der Waals surface area contributed by atoms with E-state index in [9.17, 15) is 33.6 Å². The highest BCUT2D eigenvalue weighted by Gasteiger charge is 2.72. The summed E-state index contributed by atoms with van der Waals surface area (Å²) in [5.41, 5.74) is 1.37. The third kappa shape index (κ3) is 15.1. The largest absolute Gasteiger partial charge is 0.459 e. The zero-order chi connectivity index (χ0) is 76.4. The zero-order valence-corrected chi connectivity index (χ0v) is 63.0. The number of carbonyl (C=O) groups excluding carboxylic acids is 7. The minimum Gasteiger partial charge on any atom is -0.459 e. The topological polar surface area (TPSA) is 221 Å². The second-order valence-electron chi connectivity index (χ2n) is 32.5.